The fourth-order valence-corrected chi connectivity index (χ4v) is 3.13. The van der Waals surface area contributed by atoms with Crippen LogP contribution in [-0.4, -0.2) is 11.9 Å². The molecule has 0 amide bonds. The number of alkyl halides is 1. The third kappa shape index (κ3) is 3.56. The van der Waals surface area contributed by atoms with Crippen LogP contribution in [0, 0.1) is 12.8 Å². The Morgan fingerprint density at radius 3 is 2.65 bits per heavy atom. The molecule has 1 atom stereocenters. The molecule has 0 heterocycles. The van der Waals surface area contributed by atoms with E-state index in [-0.39, 0.29) is 6.10 Å². The molecule has 0 N–H and O–H groups in total. The first kappa shape index (κ1) is 13.1. The highest BCUT2D eigenvalue weighted by molar-refractivity contribution is 9.09. The van der Waals surface area contributed by atoms with Gasteiger partial charge in [-0.1, -0.05) is 53.0 Å². The molecular weight excluding hydrogens is 276 g/mol. The number of ether oxygens (including phenoxy) is 1. The largest absolute Gasteiger partial charge is 0.372 e. The molecule has 1 aliphatic carbocycles. The van der Waals surface area contributed by atoms with Gasteiger partial charge in [-0.15, -0.1) is 0 Å². The third-order valence-corrected chi connectivity index (χ3v) is 4.27. The van der Waals surface area contributed by atoms with E-state index in [2.05, 4.69) is 47.1 Å². The first-order valence-corrected chi connectivity index (χ1v) is 7.66. The van der Waals surface area contributed by atoms with Crippen molar-refractivity contribution in [1.82, 2.24) is 0 Å². The van der Waals surface area contributed by atoms with Crippen molar-refractivity contribution >= 4 is 15.9 Å². The van der Waals surface area contributed by atoms with Crippen LogP contribution in [0.1, 0.15) is 42.9 Å². The Hall–Kier alpha value is -0.340. The second-order valence-electron chi connectivity index (χ2n) is 4.98. The van der Waals surface area contributed by atoms with Gasteiger partial charge < -0.3 is 4.74 Å². The Labute approximate surface area is 113 Å². The van der Waals surface area contributed by atoms with Crippen LogP contribution in [0.25, 0.3) is 0 Å². The Balaban J connectivity index is 1.94. The zero-order valence-corrected chi connectivity index (χ0v) is 12.1. The molecule has 17 heavy (non-hydrogen) atoms. The van der Waals surface area contributed by atoms with Gasteiger partial charge in [-0.05, 0) is 36.8 Å². The smallest absolute Gasteiger partial charge is 0.0924 e. The monoisotopic (exact) mass is 296 g/mol. The summed E-state index contributed by atoms with van der Waals surface area (Å²) in [4.78, 5) is 0. The molecular formula is C15H21BrO. The molecule has 1 aromatic rings. The number of benzene rings is 1. The van der Waals surface area contributed by atoms with Gasteiger partial charge in [0.2, 0.25) is 0 Å². The van der Waals surface area contributed by atoms with Gasteiger partial charge in [0, 0.05) is 5.33 Å². The first-order valence-electron chi connectivity index (χ1n) is 6.54. The maximum absolute atomic E-state index is 6.10. The van der Waals surface area contributed by atoms with Crippen LogP contribution in [-0.2, 0) is 4.74 Å². The van der Waals surface area contributed by atoms with Crippen molar-refractivity contribution in [1.29, 1.82) is 0 Å². The van der Waals surface area contributed by atoms with Crippen molar-refractivity contribution in [2.75, 3.05) is 11.9 Å². The van der Waals surface area contributed by atoms with Gasteiger partial charge in [-0.25, -0.2) is 0 Å². The molecule has 1 nitrogen and oxygen atoms in total. The summed E-state index contributed by atoms with van der Waals surface area (Å²) in [7, 11) is 0. The number of aryl methyl sites for hydroxylation is 1. The SMILES string of the molecule is Cc1ccccc1C(CBr)OCC1CCCC1. The van der Waals surface area contributed by atoms with E-state index in [0.717, 1.165) is 17.9 Å². The van der Waals surface area contributed by atoms with Gasteiger partial charge in [-0.2, -0.15) is 0 Å². The Morgan fingerprint density at radius 1 is 1.29 bits per heavy atom. The summed E-state index contributed by atoms with van der Waals surface area (Å²) in [6.07, 6.45) is 5.68. The molecule has 1 aromatic carbocycles. The van der Waals surface area contributed by atoms with Gasteiger partial charge in [-0.3, -0.25) is 0 Å². The predicted molar refractivity (Wildman–Crippen MR) is 75.6 cm³/mol. The molecule has 0 saturated heterocycles. The molecule has 2 heteroatoms. The number of hydrogen-bond donors (Lipinski definition) is 0. The highest BCUT2D eigenvalue weighted by atomic mass is 79.9. The van der Waals surface area contributed by atoms with Crippen LogP contribution in [0.15, 0.2) is 24.3 Å². The highest BCUT2D eigenvalue weighted by Crippen LogP contribution is 2.28. The number of halogens is 1. The van der Waals surface area contributed by atoms with Crippen LogP contribution in [0.2, 0.25) is 0 Å². The highest BCUT2D eigenvalue weighted by Gasteiger charge is 2.18. The van der Waals surface area contributed by atoms with E-state index in [0.29, 0.717) is 0 Å². The van der Waals surface area contributed by atoms with E-state index < -0.39 is 0 Å². The van der Waals surface area contributed by atoms with E-state index in [4.69, 9.17) is 4.74 Å². The van der Waals surface area contributed by atoms with E-state index in [1.807, 2.05) is 0 Å². The quantitative estimate of drug-likeness (QED) is 0.720. The maximum Gasteiger partial charge on any atom is 0.0924 e. The zero-order valence-electron chi connectivity index (χ0n) is 10.5. The number of rotatable bonds is 5. The van der Waals surface area contributed by atoms with Crippen molar-refractivity contribution in [3.05, 3.63) is 35.4 Å². The standard InChI is InChI=1S/C15H21BrO/c1-12-6-2-5-9-14(12)15(10-16)17-11-13-7-3-4-8-13/h2,5-6,9,13,15H,3-4,7-8,10-11H2,1H3. The summed E-state index contributed by atoms with van der Waals surface area (Å²) < 4.78 is 6.10. The van der Waals surface area contributed by atoms with Crippen molar-refractivity contribution in [2.45, 2.75) is 38.7 Å². The molecule has 1 aliphatic rings. The van der Waals surface area contributed by atoms with Crippen molar-refractivity contribution in [2.24, 2.45) is 5.92 Å². The lowest BCUT2D eigenvalue weighted by molar-refractivity contribution is 0.0440. The summed E-state index contributed by atoms with van der Waals surface area (Å²) in [5.41, 5.74) is 2.64. The molecule has 0 bridgehead atoms. The Kier molecular flexibility index (Phi) is 5.05. The van der Waals surface area contributed by atoms with Gasteiger partial charge in [0.1, 0.15) is 0 Å². The average Bonchev–Trinajstić information content (AvgIpc) is 2.85. The fourth-order valence-electron chi connectivity index (χ4n) is 2.59. The lowest BCUT2D eigenvalue weighted by Crippen LogP contribution is -2.13. The average molecular weight is 297 g/mol. The van der Waals surface area contributed by atoms with Crippen LogP contribution in [0.5, 0.6) is 0 Å². The second-order valence-corrected chi connectivity index (χ2v) is 5.63. The lowest BCUT2D eigenvalue weighted by atomic mass is 10.0. The molecule has 0 spiro atoms. The molecule has 94 valence electrons. The van der Waals surface area contributed by atoms with Gasteiger partial charge in [0.05, 0.1) is 12.7 Å². The zero-order chi connectivity index (χ0) is 12.1. The summed E-state index contributed by atoms with van der Waals surface area (Å²) in [5, 5.41) is 0.880. The minimum absolute atomic E-state index is 0.205. The van der Waals surface area contributed by atoms with Gasteiger partial charge in [0.25, 0.3) is 0 Å². The summed E-state index contributed by atoms with van der Waals surface area (Å²) in [6, 6.07) is 8.51. The van der Waals surface area contributed by atoms with Crippen molar-refractivity contribution in [3.63, 3.8) is 0 Å². The molecule has 0 aliphatic heterocycles. The summed E-state index contributed by atoms with van der Waals surface area (Å²) >= 11 is 3.57. The van der Waals surface area contributed by atoms with Gasteiger partial charge >= 0.3 is 0 Å². The first-order chi connectivity index (χ1) is 8.31. The Bertz CT molecular complexity index is 345. The normalized spacial score (nSPS) is 18.5. The second kappa shape index (κ2) is 6.55. The van der Waals surface area contributed by atoms with Crippen LogP contribution in [0.3, 0.4) is 0 Å². The minimum atomic E-state index is 0.205. The molecule has 0 radical (unpaired) electrons. The van der Waals surface area contributed by atoms with Crippen LogP contribution < -0.4 is 0 Å². The molecule has 0 aromatic heterocycles. The van der Waals surface area contributed by atoms with Gasteiger partial charge in [0.15, 0.2) is 0 Å². The van der Waals surface area contributed by atoms with Crippen molar-refractivity contribution in [3.8, 4) is 0 Å². The minimum Gasteiger partial charge on any atom is -0.372 e. The lowest BCUT2D eigenvalue weighted by Gasteiger charge is -2.20. The van der Waals surface area contributed by atoms with Crippen LogP contribution >= 0.6 is 15.9 Å². The summed E-state index contributed by atoms with van der Waals surface area (Å²) in [6.45, 7) is 3.08. The fraction of sp³-hybridized carbons (Fsp3) is 0.600. The molecule has 1 unspecified atom stereocenters. The third-order valence-electron chi connectivity index (χ3n) is 3.68. The molecule has 1 saturated carbocycles. The predicted octanol–water partition coefficient (Wildman–Crippen LogP) is 4.64. The van der Waals surface area contributed by atoms with E-state index >= 15 is 0 Å². The van der Waals surface area contributed by atoms with E-state index in [1.165, 1.54) is 36.8 Å². The van der Waals surface area contributed by atoms with Crippen LogP contribution in [0.4, 0.5) is 0 Å². The number of hydrogen-bond acceptors (Lipinski definition) is 1. The Morgan fingerprint density at radius 2 is 2.00 bits per heavy atom. The molecule has 1 fully saturated rings. The molecule has 2 rings (SSSR count). The summed E-state index contributed by atoms with van der Waals surface area (Å²) in [5.74, 6) is 0.792. The van der Waals surface area contributed by atoms with E-state index in [9.17, 15) is 0 Å². The topological polar surface area (TPSA) is 9.23 Å². The van der Waals surface area contributed by atoms with Crippen molar-refractivity contribution < 1.29 is 4.74 Å². The van der Waals surface area contributed by atoms with E-state index in [1.54, 1.807) is 0 Å². The maximum atomic E-state index is 6.10.